The molecule has 1 saturated heterocycles. The van der Waals surface area contributed by atoms with Crippen molar-refractivity contribution >= 4 is 0 Å². The Kier molecular flexibility index (Phi) is 5.44. The van der Waals surface area contributed by atoms with Gasteiger partial charge in [-0.1, -0.05) is 18.6 Å². The average molecular weight is 385 g/mol. The number of halogens is 1. The van der Waals surface area contributed by atoms with E-state index in [9.17, 15) is 4.39 Å². The molecule has 2 aromatic rings. The Morgan fingerprint density at radius 3 is 2.25 bits per heavy atom. The molecular weight excluding hydrogens is 357 g/mol. The second kappa shape index (κ2) is 8.00. The van der Waals surface area contributed by atoms with E-state index < -0.39 is 0 Å². The van der Waals surface area contributed by atoms with Crippen LogP contribution < -0.4 is 14.2 Å². The molecule has 2 aliphatic rings. The molecule has 1 saturated carbocycles. The fraction of sp³-hybridized carbons (Fsp3) is 0.478. The van der Waals surface area contributed by atoms with Crippen LogP contribution in [-0.4, -0.2) is 38.8 Å². The van der Waals surface area contributed by atoms with Gasteiger partial charge in [-0.15, -0.1) is 0 Å². The van der Waals surface area contributed by atoms with E-state index in [1.807, 2.05) is 12.1 Å². The van der Waals surface area contributed by atoms with Crippen LogP contribution in [0.5, 0.6) is 17.2 Å². The van der Waals surface area contributed by atoms with Crippen LogP contribution in [0.15, 0.2) is 36.4 Å². The lowest BCUT2D eigenvalue weighted by molar-refractivity contribution is 0.232. The summed E-state index contributed by atoms with van der Waals surface area (Å²) in [6.45, 7) is 1.85. The molecule has 0 unspecified atom stereocenters. The van der Waals surface area contributed by atoms with Crippen molar-refractivity contribution in [3.63, 3.8) is 0 Å². The first-order valence-corrected chi connectivity index (χ1v) is 9.93. The van der Waals surface area contributed by atoms with Crippen LogP contribution in [0.3, 0.4) is 0 Å². The lowest BCUT2D eigenvalue weighted by Crippen LogP contribution is -2.29. The lowest BCUT2D eigenvalue weighted by atomic mass is 9.86. The number of ether oxygens (including phenoxy) is 3. The molecule has 2 aromatic carbocycles. The van der Waals surface area contributed by atoms with Crippen molar-refractivity contribution in [3.8, 4) is 17.2 Å². The number of likely N-dealkylation sites (tertiary alicyclic amines) is 1. The Morgan fingerprint density at radius 2 is 1.64 bits per heavy atom. The summed E-state index contributed by atoms with van der Waals surface area (Å²) < 4.78 is 29.9. The van der Waals surface area contributed by atoms with E-state index in [4.69, 9.17) is 14.2 Å². The summed E-state index contributed by atoms with van der Waals surface area (Å²) in [5.74, 6) is 2.94. The van der Waals surface area contributed by atoms with E-state index in [0.29, 0.717) is 35.1 Å². The zero-order valence-corrected chi connectivity index (χ0v) is 16.8. The Bertz CT molecular complexity index is 798. The molecule has 0 N–H and O–H groups in total. The summed E-state index contributed by atoms with van der Waals surface area (Å²) in [7, 11) is 4.96. The van der Waals surface area contributed by atoms with Crippen molar-refractivity contribution in [1.29, 1.82) is 0 Å². The molecule has 28 heavy (non-hydrogen) atoms. The zero-order chi connectivity index (χ0) is 19.7. The van der Waals surface area contributed by atoms with Gasteiger partial charge in [-0.25, -0.2) is 4.39 Å². The average Bonchev–Trinajstić information content (AvgIpc) is 3.32. The second-order valence-corrected chi connectivity index (χ2v) is 7.78. The van der Waals surface area contributed by atoms with Crippen molar-refractivity contribution in [2.75, 3.05) is 27.9 Å². The van der Waals surface area contributed by atoms with Crippen molar-refractivity contribution in [1.82, 2.24) is 4.90 Å². The number of rotatable bonds is 6. The van der Waals surface area contributed by atoms with Crippen LogP contribution in [0, 0.1) is 11.7 Å². The van der Waals surface area contributed by atoms with Crippen molar-refractivity contribution in [2.45, 2.75) is 37.8 Å². The lowest BCUT2D eigenvalue weighted by Gasteiger charge is -2.23. The van der Waals surface area contributed by atoms with E-state index in [1.165, 1.54) is 24.8 Å². The van der Waals surface area contributed by atoms with Crippen LogP contribution in [0.1, 0.15) is 36.3 Å². The maximum absolute atomic E-state index is 13.3. The minimum Gasteiger partial charge on any atom is -0.493 e. The molecule has 5 heteroatoms. The largest absolute Gasteiger partial charge is 0.493 e. The number of hydrogen-bond donors (Lipinski definition) is 0. The highest BCUT2D eigenvalue weighted by atomic mass is 19.1. The monoisotopic (exact) mass is 385 g/mol. The normalized spacial score (nSPS) is 24.2. The predicted octanol–water partition coefficient (Wildman–Crippen LogP) is 4.62. The molecule has 3 atom stereocenters. The van der Waals surface area contributed by atoms with Gasteiger partial charge in [-0.05, 0) is 54.2 Å². The molecule has 4 rings (SSSR count). The van der Waals surface area contributed by atoms with Gasteiger partial charge < -0.3 is 14.2 Å². The molecule has 0 bridgehead atoms. The van der Waals surface area contributed by atoms with Gasteiger partial charge in [0.1, 0.15) is 5.82 Å². The summed E-state index contributed by atoms with van der Waals surface area (Å²) in [5.41, 5.74) is 2.41. The predicted molar refractivity (Wildman–Crippen MR) is 107 cm³/mol. The third-order valence-corrected chi connectivity index (χ3v) is 6.36. The topological polar surface area (TPSA) is 30.9 Å². The van der Waals surface area contributed by atoms with Gasteiger partial charge in [0.2, 0.25) is 5.75 Å². The summed E-state index contributed by atoms with van der Waals surface area (Å²) in [5, 5.41) is 0. The Morgan fingerprint density at radius 1 is 0.964 bits per heavy atom. The maximum Gasteiger partial charge on any atom is 0.203 e. The number of benzene rings is 2. The van der Waals surface area contributed by atoms with Crippen LogP contribution >= 0.6 is 0 Å². The minimum absolute atomic E-state index is 0.181. The maximum atomic E-state index is 13.3. The van der Waals surface area contributed by atoms with Gasteiger partial charge in [0, 0.05) is 25.0 Å². The first kappa shape index (κ1) is 19.1. The highest BCUT2D eigenvalue weighted by Gasteiger charge is 2.45. The molecule has 0 spiro atoms. The van der Waals surface area contributed by atoms with Crippen molar-refractivity contribution in [2.24, 2.45) is 5.92 Å². The standard InChI is InChI=1S/C23H28FNO3/c1-26-21-11-16(12-22(27-2)23(21)28-3)19-14-25(20-6-4-5-18(19)20)13-15-7-9-17(24)10-8-15/h7-12,18-20H,4-6,13-14H2,1-3H3/t18-,19-,20+/m0/s1. The molecule has 1 heterocycles. The fourth-order valence-corrected chi connectivity index (χ4v) is 5.09. The summed E-state index contributed by atoms with van der Waals surface area (Å²) in [6, 6.07) is 11.7. The second-order valence-electron chi connectivity index (χ2n) is 7.78. The quantitative estimate of drug-likeness (QED) is 0.726. The molecule has 4 nitrogen and oxygen atoms in total. The number of nitrogens with zero attached hydrogens (tertiary/aromatic N) is 1. The summed E-state index contributed by atoms with van der Waals surface area (Å²) in [4.78, 5) is 2.57. The highest BCUT2D eigenvalue weighted by molar-refractivity contribution is 5.55. The number of methoxy groups -OCH3 is 3. The van der Waals surface area contributed by atoms with E-state index in [0.717, 1.165) is 18.7 Å². The van der Waals surface area contributed by atoms with Crippen molar-refractivity contribution < 1.29 is 18.6 Å². The van der Waals surface area contributed by atoms with E-state index in [1.54, 1.807) is 33.5 Å². The molecule has 150 valence electrons. The van der Waals surface area contributed by atoms with Gasteiger partial charge in [-0.3, -0.25) is 4.90 Å². The van der Waals surface area contributed by atoms with Gasteiger partial charge in [0.15, 0.2) is 11.5 Å². The molecule has 2 fully saturated rings. The first-order chi connectivity index (χ1) is 13.6. The molecular formula is C23H28FNO3. The first-order valence-electron chi connectivity index (χ1n) is 9.93. The zero-order valence-electron chi connectivity index (χ0n) is 16.8. The highest BCUT2D eigenvalue weighted by Crippen LogP contribution is 2.49. The van der Waals surface area contributed by atoms with Gasteiger partial charge in [0.05, 0.1) is 21.3 Å². The fourth-order valence-electron chi connectivity index (χ4n) is 5.09. The third kappa shape index (κ3) is 3.44. The van der Waals surface area contributed by atoms with E-state index in [2.05, 4.69) is 17.0 Å². The Labute approximate surface area is 166 Å². The van der Waals surface area contributed by atoms with Crippen LogP contribution in [0.25, 0.3) is 0 Å². The molecule has 0 radical (unpaired) electrons. The van der Waals surface area contributed by atoms with E-state index >= 15 is 0 Å². The van der Waals surface area contributed by atoms with Crippen molar-refractivity contribution in [3.05, 3.63) is 53.3 Å². The van der Waals surface area contributed by atoms with E-state index in [-0.39, 0.29) is 5.82 Å². The molecule has 0 amide bonds. The summed E-state index contributed by atoms with van der Waals surface area (Å²) >= 11 is 0. The molecule has 1 aliphatic carbocycles. The molecule has 1 aliphatic heterocycles. The van der Waals surface area contributed by atoms with Gasteiger partial charge in [0.25, 0.3) is 0 Å². The Hall–Kier alpha value is -2.27. The van der Waals surface area contributed by atoms with Crippen LogP contribution in [-0.2, 0) is 6.54 Å². The minimum atomic E-state index is -0.181. The van der Waals surface area contributed by atoms with Crippen LogP contribution in [0.4, 0.5) is 4.39 Å². The Balaban J connectivity index is 1.62. The summed E-state index contributed by atoms with van der Waals surface area (Å²) in [6.07, 6.45) is 3.73. The molecule has 0 aromatic heterocycles. The van der Waals surface area contributed by atoms with Gasteiger partial charge >= 0.3 is 0 Å². The smallest absolute Gasteiger partial charge is 0.203 e. The SMILES string of the molecule is COc1cc([C@@H]2CN(Cc3ccc(F)cc3)[C@@H]3CCC[C@H]32)cc(OC)c1OC. The number of fused-ring (bicyclic) bond motifs is 1. The van der Waals surface area contributed by atoms with Crippen LogP contribution in [0.2, 0.25) is 0 Å². The third-order valence-electron chi connectivity index (χ3n) is 6.36. The number of hydrogen-bond acceptors (Lipinski definition) is 4. The van der Waals surface area contributed by atoms with Gasteiger partial charge in [-0.2, -0.15) is 0 Å².